The van der Waals surface area contributed by atoms with Gasteiger partial charge >= 0.3 is 0 Å². The van der Waals surface area contributed by atoms with Crippen LogP contribution in [-0.2, 0) is 27.8 Å². The lowest BCUT2D eigenvalue weighted by Gasteiger charge is -2.23. The zero-order chi connectivity index (χ0) is 30.0. The molecular formula is C31H46N4O6S. The predicted octanol–water partition coefficient (Wildman–Crippen LogP) is 4.90. The highest BCUT2D eigenvalue weighted by Crippen LogP contribution is 2.34. The summed E-state index contributed by atoms with van der Waals surface area (Å²) in [5.74, 6) is 1.23. The molecule has 11 heteroatoms. The summed E-state index contributed by atoms with van der Waals surface area (Å²) in [6, 6.07) is 5.65. The van der Waals surface area contributed by atoms with E-state index in [-0.39, 0.29) is 24.1 Å². The van der Waals surface area contributed by atoms with E-state index in [0.29, 0.717) is 36.8 Å². The number of carbonyl (C=O) groups excluding carboxylic acids is 2. The molecule has 1 saturated carbocycles. The number of aryl methyl sites for hydroxylation is 1. The third-order valence-electron chi connectivity index (χ3n) is 8.51. The first-order valence-electron chi connectivity index (χ1n) is 15.4. The van der Waals surface area contributed by atoms with Crippen molar-refractivity contribution in [1.29, 1.82) is 0 Å². The van der Waals surface area contributed by atoms with Gasteiger partial charge < -0.3 is 14.5 Å². The Morgan fingerprint density at radius 1 is 1.10 bits per heavy atom. The summed E-state index contributed by atoms with van der Waals surface area (Å²) in [5.41, 5.74) is 2.24. The second-order valence-corrected chi connectivity index (χ2v) is 13.5. The average molecular weight is 603 g/mol. The van der Waals surface area contributed by atoms with Gasteiger partial charge in [-0.2, -0.15) is 0 Å². The van der Waals surface area contributed by atoms with Crippen LogP contribution in [0.1, 0.15) is 111 Å². The van der Waals surface area contributed by atoms with E-state index in [1.165, 1.54) is 51.7 Å². The Morgan fingerprint density at radius 3 is 2.67 bits per heavy atom. The molecule has 2 amide bonds. The topological polar surface area (TPSA) is 131 Å². The summed E-state index contributed by atoms with van der Waals surface area (Å²) in [6.07, 6.45) is 13.9. The largest absolute Gasteiger partial charge is 0.497 e. The number of likely N-dealkylation sites (tertiary alicyclic amines) is 1. The Labute approximate surface area is 250 Å². The van der Waals surface area contributed by atoms with Gasteiger partial charge in [0.15, 0.2) is 5.69 Å². The molecule has 10 nitrogen and oxygen atoms in total. The van der Waals surface area contributed by atoms with Gasteiger partial charge in [0.05, 0.1) is 18.9 Å². The number of rotatable bonds is 15. The van der Waals surface area contributed by atoms with Crippen molar-refractivity contribution in [3.63, 3.8) is 0 Å². The molecule has 4 rings (SSSR count). The Kier molecular flexibility index (Phi) is 11.8. The van der Waals surface area contributed by atoms with Gasteiger partial charge in [-0.3, -0.25) is 19.2 Å². The van der Waals surface area contributed by atoms with Crippen LogP contribution in [0, 0.1) is 5.92 Å². The van der Waals surface area contributed by atoms with Crippen LogP contribution < -0.4 is 14.8 Å². The van der Waals surface area contributed by atoms with Gasteiger partial charge in [0.2, 0.25) is 21.8 Å². The molecule has 2 aliphatic rings. The van der Waals surface area contributed by atoms with Crippen LogP contribution in [0.5, 0.6) is 5.75 Å². The van der Waals surface area contributed by atoms with E-state index in [1.807, 2.05) is 18.2 Å². The summed E-state index contributed by atoms with van der Waals surface area (Å²) in [7, 11) is -1.98. The number of oxazole rings is 1. The Balaban J connectivity index is 1.32. The second kappa shape index (κ2) is 15.5. The average Bonchev–Trinajstić information content (AvgIpc) is 3.66. The first-order valence-corrected chi connectivity index (χ1v) is 17.1. The highest BCUT2D eigenvalue weighted by molar-refractivity contribution is 7.90. The van der Waals surface area contributed by atoms with Crippen molar-refractivity contribution in [1.82, 2.24) is 19.9 Å². The number of sulfonamides is 1. The zero-order valence-electron chi connectivity index (χ0n) is 25.0. The molecule has 2 fully saturated rings. The first kappa shape index (κ1) is 32.0. The second-order valence-electron chi connectivity index (χ2n) is 11.5. The fourth-order valence-electron chi connectivity index (χ4n) is 6.05. The maximum Gasteiger partial charge on any atom is 0.273 e. The van der Waals surface area contributed by atoms with Crippen molar-refractivity contribution in [2.24, 2.45) is 5.92 Å². The van der Waals surface area contributed by atoms with Crippen LogP contribution in [-0.4, -0.2) is 56.1 Å². The van der Waals surface area contributed by atoms with Crippen LogP contribution in [0.4, 0.5) is 0 Å². The van der Waals surface area contributed by atoms with E-state index in [0.717, 1.165) is 49.3 Å². The van der Waals surface area contributed by atoms with Crippen LogP contribution in [0.3, 0.4) is 0 Å². The molecule has 2 N–H and O–H groups in total. The van der Waals surface area contributed by atoms with Crippen molar-refractivity contribution < 1.29 is 27.2 Å². The summed E-state index contributed by atoms with van der Waals surface area (Å²) in [4.78, 5) is 31.8. The molecule has 42 heavy (non-hydrogen) atoms. The third-order valence-corrected chi connectivity index (χ3v) is 9.81. The lowest BCUT2D eigenvalue weighted by Crippen LogP contribution is -2.32. The Bertz CT molecular complexity index is 1290. The van der Waals surface area contributed by atoms with Gasteiger partial charge in [-0.1, -0.05) is 51.0 Å². The normalized spacial score (nSPS) is 18.2. The maximum absolute atomic E-state index is 12.7. The number of unbranched alkanes of at least 4 members (excludes halogenated alkanes) is 1. The van der Waals surface area contributed by atoms with Gasteiger partial charge in [-0.05, 0) is 68.3 Å². The molecule has 1 saturated heterocycles. The van der Waals surface area contributed by atoms with Gasteiger partial charge in [-0.15, -0.1) is 0 Å². The number of ether oxygens (including phenoxy) is 1. The number of hydrogen-bond donors (Lipinski definition) is 2. The summed E-state index contributed by atoms with van der Waals surface area (Å²) < 4.78 is 36.9. The van der Waals surface area contributed by atoms with E-state index in [4.69, 9.17) is 9.15 Å². The molecule has 1 aromatic heterocycles. The standard InChI is InChI=1S/C31H46N4O6S/c1-3-42(38,39)34-29(36)17-15-24-14-16-26(40-2)20-25(24)21-35-19-9-13-28(35)31-33-27(22-41-31)30(37)32-18-8-7-12-23-10-5-4-6-11-23/h14,16,20,22-23,28H,3-13,15,17-19,21H2,1-2H3,(H,32,37)(H,34,36). The molecule has 232 valence electrons. The summed E-state index contributed by atoms with van der Waals surface area (Å²) in [5, 5.41) is 2.99. The monoisotopic (exact) mass is 602 g/mol. The minimum atomic E-state index is -3.59. The number of benzene rings is 1. The lowest BCUT2D eigenvalue weighted by atomic mass is 9.86. The van der Waals surface area contributed by atoms with Crippen LogP contribution in [0.2, 0.25) is 0 Å². The lowest BCUT2D eigenvalue weighted by molar-refractivity contribution is -0.119. The van der Waals surface area contributed by atoms with Crippen molar-refractivity contribution in [3.05, 3.63) is 47.2 Å². The summed E-state index contributed by atoms with van der Waals surface area (Å²) in [6.45, 7) is 3.55. The molecule has 1 aliphatic carbocycles. The first-order chi connectivity index (χ1) is 20.3. The smallest absolute Gasteiger partial charge is 0.273 e. The maximum atomic E-state index is 12.7. The molecule has 0 bridgehead atoms. The molecule has 0 spiro atoms. The number of amides is 2. The number of nitrogens with zero attached hydrogens (tertiary/aromatic N) is 2. The number of nitrogens with one attached hydrogen (secondary N) is 2. The van der Waals surface area contributed by atoms with Crippen molar-refractivity contribution in [2.75, 3.05) is 26.0 Å². The Morgan fingerprint density at radius 2 is 1.90 bits per heavy atom. The van der Waals surface area contributed by atoms with Gasteiger partial charge in [0, 0.05) is 19.5 Å². The van der Waals surface area contributed by atoms with Crippen molar-refractivity contribution >= 4 is 21.8 Å². The van der Waals surface area contributed by atoms with Gasteiger partial charge in [0.1, 0.15) is 12.0 Å². The van der Waals surface area contributed by atoms with E-state index in [9.17, 15) is 18.0 Å². The summed E-state index contributed by atoms with van der Waals surface area (Å²) >= 11 is 0. The molecule has 1 aliphatic heterocycles. The number of carbonyl (C=O) groups is 2. The van der Waals surface area contributed by atoms with E-state index in [2.05, 4.69) is 19.9 Å². The highest BCUT2D eigenvalue weighted by atomic mass is 32.2. The minimum Gasteiger partial charge on any atom is -0.497 e. The molecule has 1 unspecified atom stereocenters. The number of methoxy groups -OCH3 is 1. The van der Waals surface area contributed by atoms with Crippen LogP contribution >= 0.6 is 0 Å². The molecule has 1 aromatic carbocycles. The van der Waals surface area contributed by atoms with Crippen LogP contribution in [0.25, 0.3) is 0 Å². The van der Waals surface area contributed by atoms with E-state index in [1.54, 1.807) is 7.11 Å². The SMILES string of the molecule is CCS(=O)(=O)NC(=O)CCc1ccc(OC)cc1CN1CCCC1c1nc(C(=O)NCCCCC2CCCCC2)co1. The Hall–Kier alpha value is -2.92. The third kappa shape index (κ3) is 9.29. The number of aromatic nitrogens is 1. The molecule has 2 heterocycles. The minimum absolute atomic E-state index is 0.0563. The van der Waals surface area contributed by atoms with E-state index >= 15 is 0 Å². The quantitative estimate of drug-likeness (QED) is 0.275. The fraction of sp³-hybridized carbons (Fsp3) is 0.645. The molecule has 2 aromatic rings. The van der Waals surface area contributed by atoms with Crippen molar-refractivity contribution in [3.8, 4) is 5.75 Å². The predicted molar refractivity (Wildman–Crippen MR) is 161 cm³/mol. The van der Waals surface area contributed by atoms with Crippen molar-refractivity contribution in [2.45, 2.75) is 96.6 Å². The molecular weight excluding hydrogens is 556 g/mol. The zero-order valence-corrected chi connectivity index (χ0v) is 25.8. The van der Waals surface area contributed by atoms with Crippen LogP contribution in [0.15, 0.2) is 28.9 Å². The van der Waals surface area contributed by atoms with E-state index < -0.39 is 15.9 Å². The molecule has 0 radical (unpaired) electrons. The fourth-order valence-corrected chi connectivity index (χ4v) is 6.64. The highest BCUT2D eigenvalue weighted by Gasteiger charge is 2.31. The number of hydrogen-bond acceptors (Lipinski definition) is 8. The van der Waals surface area contributed by atoms with Gasteiger partial charge in [0.25, 0.3) is 5.91 Å². The molecule has 1 atom stereocenters. The van der Waals surface area contributed by atoms with Gasteiger partial charge in [-0.25, -0.2) is 13.4 Å².